The van der Waals surface area contributed by atoms with E-state index in [0.717, 1.165) is 12.1 Å². The van der Waals surface area contributed by atoms with Crippen molar-refractivity contribution < 1.29 is 18.7 Å². The minimum atomic E-state index is -0.737. The monoisotopic (exact) mass is 352 g/mol. The summed E-state index contributed by atoms with van der Waals surface area (Å²) in [5, 5.41) is 2.53. The van der Waals surface area contributed by atoms with E-state index in [1.807, 2.05) is 0 Å². The van der Waals surface area contributed by atoms with E-state index < -0.39 is 17.7 Å². The van der Waals surface area contributed by atoms with Gasteiger partial charge in [0.2, 0.25) is 0 Å². The Balaban J connectivity index is 2.28. The Bertz CT molecular complexity index is 689. The molecule has 2 aromatic rings. The van der Waals surface area contributed by atoms with E-state index >= 15 is 0 Å². The standard InChI is InChI=1S/C14H10BrFN2O3/c1-21-14(20)10-6-9(16)3-4-11(10)18-13(19)8-2-5-12(15)17-7-8/h2-7H,1H3,(H,18,19). The summed E-state index contributed by atoms with van der Waals surface area (Å²) in [7, 11) is 1.18. The number of hydrogen-bond acceptors (Lipinski definition) is 4. The van der Waals surface area contributed by atoms with Crippen molar-refractivity contribution in [3.63, 3.8) is 0 Å². The molecular formula is C14H10BrFN2O3. The van der Waals surface area contributed by atoms with Gasteiger partial charge in [0.25, 0.3) is 5.91 Å². The zero-order chi connectivity index (χ0) is 15.4. The number of methoxy groups -OCH3 is 1. The molecule has 7 heteroatoms. The summed E-state index contributed by atoms with van der Waals surface area (Å²) in [6.45, 7) is 0. The fourth-order valence-corrected chi connectivity index (χ4v) is 1.84. The van der Waals surface area contributed by atoms with Crippen LogP contribution < -0.4 is 5.32 Å². The molecule has 108 valence electrons. The van der Waals surface area contributed by atoms with Gasteiger partial charge in [0.05, 0.1) is 23.9 Å². The van der Waals surface area contributed by atoms with Crippen LogP contribution in [0.5, 0.6) is 0 Å². The summed E-state index contributed by atoms with van der Waals surface area (Å²) in [5.74, 6) is -1.80. The lowest BCUT2D eigenvalue weighted by Crippen LogP contribution is -2.15. The highest BCUT2D eigenvalue weighted by Crippen LogP contribution is 2.19. The highest BCUT2D eigenvalue weighted by molar-refractivity contribution is 9.10. The number of amides is 1. The number of nitrogens with one attached hydrogen (secondary N) is 1. The quantitative estimate of drug-likeness (QED) is 0.680. The highest BCUT2D eigenvalue weighted by Gasteiger charge is 2.16. The molecule has 0 aliphatic rings. The van der Waals surface area contributed by atoms with Crippen molar-refractivity contribution in [2.45, 2.75) is 0 Å². The maximum atomic E-state index is 13.2. The molecule has 0 saturated heterocycles. The van der Waals surface area contributed by atoms with Crippen LogP contribution in [-0.4, -0.2) is 24.0 Å². The number of aromatic nitrogens is 1. The van der Waals surface area contributed by atoms with Crippen molar-refractivity contribution in [3.8, 4) is 0 Å². The number of nitrogens with zero attached hydrogens (tertiary/aromatic N) is 1. The number of ether oxygens (including phenoxy) is 1. The third-order valence-electron chi connectivity index (χ3n) is 2.62. The maximum absolute atomic E-state index is 13.2. The SMILES string of the molecule is COC(=O)c1cc(F)ccc1NC(=O)c1ccc(Br)nc1. The molecule has 1 heterocycles. The van der Waals surface area contributed by atoms with Gasteiger partial charge in [-0.3, -0.25) is 4.79 Å². The molecule has 5 nitrogen and oxygen atoms in total. The average Bonchev–Trinajstić information content (AvgIpc) is 2.48. The van der Waals surface area contributed by atoms with E-state index in [-0.39, 0.29) is 11.3 Å². The predicted octanol–water partition coefficient (Wildman–Crippen LogP) is 3.02. The predicted molar refractivity (Wildman–Crippen MR) is 77.6 cm³/mol. The first kappa shape index (κ1) is 15.1. The van der Waals surface area contributed by atoms with Gasteiger partial charge in [-0.25, -0.2) is 14.2 Å². The molecule has 0 bridgehead atoms. The Morgan fingerprint density at radius 2 is 2.05 bits per heavy atom. The molecule has 0 aliphatic heterocycles. The summed E-state index contributed by atoms with van der Waals surface area (Å²) in [5.41, 5.74) is 0.408. The largest absolute Gasteiger partial charge is 0.465 e. The Morgan fingerprint density at radius 1 is 1.29 bits per heavy atom. The molecule has 0 spiro atoms. The number of carbonyl (C=O) groups is 2. The highest BCUT2D eigenvalue weighted by atomic mass is 79.9. The van der Waals surface area contributed by atoms with Crippen LogP contribution in [0.1, 0.15) is 20.7 Å². The van der Waals surface area contributed by atoms with E-state index in [4.69, 9.17) is 0 Å². The van der Waals surface area contributed by atoms with Crippen LogP contribution in [0.15, 0.2) is 41.1 Å². The molecule has 0 aliphatic carbocycles. The van der Waals surface area contributed by atoms with Crippen LogP contribution in [0.2, 0.25) is 0 Å². The lowest BCUT2D eigenvalue weighted by molar-refractivity contribution is 0.0601. The second-order valence-corrected chi connectivity index (χ2v) is 4.82. The zero-order valence-corrected chi connectivity index (χ0v) is 12.5. The number of esters is 1. The second-order valence-electron chi connectivity index (χ2n) is 4.01. The molecule has 0 unspecified atom stereocenters. The lowest BCUT2D eigenvalue weighted by atomic mass is 10.1. The van der Waals surface area contributed by atoms with Crippen LogP contribution in [0.25, 0.3) is 0 Å². The van der Waals surface area contributed by atoms with Gasteiger partial charge in [-0.2, -0.15) is 0 Å². The first-order valence-corrected chi connectivity index (χ1v) is 6.61. The number of anilines is 1. The number of hydrogen-bond donors (Lipinski definition) is 1. The number of benzene rings is 1. The summed E-state index contributed by atoms with van der Waals surface area (Å²) >= 11 is 3.16. The van der Waals surface area contributed by atoms with Gasteiger partial charge in [-0.1, -0.05) is 0 Å². The topological polar surface area (TPSA) is 68.3 Å². The fourth-order valence-electron chi connectivity index (χ4n) is 1.61. The van der Waals surface area contributed by atoms with Crippen LogP contribution in [0.3, 0.4) is 0 Å². The summed E-state index contributed by atoms with van der Waals surface area (Å²) < 4.78 is 18.4. The average molecular weight is 353 g/mol. The Kier molecular flexibility index (Phi) is 4.64. The van der Waals surface area contributed by atoms with Crippen molar-refractivity contribution in [1.29, 1.82) is 0 Å². The molecular weight excluding hydrogens is 343 g/mol. The van der Waals surface area contributed by atoms with E-state index in [2.05, 4.69) is 31.0 Å². The first-order chi connectivity index (χ1) is 10.0. The number of rotatable bonds is 3. The first-order valence-electron chi connectivity index (χ1n) is 5.82. The van der Waals surface area contributed by atoms with Crippen molar-refractivity contribution in [2.75, 3.05) is 12.4 Å². The van der Waals surface area contributed by atoms with Crippen molar-refractivity contribution >= 4 is 33.5 Å². The minimum absolute atomic E-state index is 0.0593. The Labute approximate surface area is 128 Å². The third kappa shape index (κ3) is 3.63. The third-order valence-corrected chi connectivity index (χ3v) is 3.09. The number of carbonyl (C=O) groups excluding carboxylic acids is 2. The molecule has 0 saturated carbocycles. The molecule has 1 aromatic heterocycles. The summed E-state index contributed by atoms with van der Waals surface area (Å²) in [6, 6.07) is 6.61. The molecule has 0 radical (unpaired) electrons. The van der Waals surface area contributed by atoms with Crippen LogP contribution in [0, 0.1) is 5.82 Å². The van der Waals surface area contributed by atoms with Crippen molar-refractivity contribution in [3.05, 3.63) is 58.1 Å². The van der Waals surface area contributed by atoms with E-state index in [9.17, 15) is 14.0 Å². The number of halogens is 2. The smallest absolute Gasteiger partial charge is 0.340 e. The van der Waals surface area contributed by atoms with Gasteiger partial charge in [-0.15, -0.1) is 0 Å². The molecule has 1 N–H and O–H groups in total. The van der Waals surface area contributed by atoms with E-state index in [0.29, 0.717) is 10.2 Å². The van der Waals surface area contributed by atoms with Gasteiger partial charge < -0.3 is 10.1 Å². The van der Waals surface area contributed by atoms with Gasteiger partial charge in [0.1, 0.15) is 10.4 Å². The van der Waals surface area contributed by atoms with Gasteiger partial charge in [0, 0.05) is 6.20 Å². The van der Waals surface area contributed by atoms with Crippen LogP contribution in [0.4, 0.5) is 10.1 Å². The maximum Gasteiger partial charge on any atom is 0.340 e. The Hall–Kier alpha value is -2.28. The second kappa shape index (κ2) is 6.45. The fraction of sp³-hybridized carbons (Fsp3) is 0.0714. The van der Waals surface area contributed by atoms with Gasteiger partial charge in [-0.05, 0) is 46.3 Å². The summed E-state index contributed by atoms with van der Waals surface area (Å²) in [4.78, 5) is 27.6. The van der Waals surface area contributed by atoms with Crippen molar-refractivity contribution in [2.24, 2.45) is 0 Å². The summed E-state index contributed by atoms with van der Waals surface area (Å²) in [6.07, 6.45) is 1.38. The Morgan fingerprint density at radius 3 is 2.67 bits per heavy atom. The van der Waals surface area contributed by atoms with E-state index in [1.165, 1.54) is 19.4 Å². The lowest BCUT2D eigenvalue weighted by Gasteiger charge is -2.09. The number of pyridine rings is 1. The van der Waals surface area contributed by atoms with Gasteiger partial charge >= 0.3 is 5.97 Å². The zero-order valence-electron chi connectivity index (χ0n) is 10.9. The molecule has 1 aromatic carbocycles. The molecule has 1 amide bonds. The molecule has 0 fully saturated rings. The normalized spacial score (nSPS) is 10.0. The molecule has 0 atom stereocenters. The minimum Gasteiger partial charge on any atom is -0.465 e. The van der Waals surface area contributed by atoms with Crippen LogP contribution >= 0.6 is 15.9 Å². The molecule has 2 rings (SSSR count). The van der Waals surface area contributed by atoms with Crippen LogP contribution in [-0.2, 0) is 4.74 Å². The van der Waals surface area contributed by atoms with Crippen molar-refractivity contribution in [1.82, 2.24) is 4.98 Å². The van der Waals surface area contributed by atoms with Gasteiger partial charge in [0.15, 0.2) is 0 Å². The van der Waals surface area contributed by atoms with E-state index in [1.54, 1.807) is 12.1 Å². The molecule has 21 heavy (non-hydrogen) atoms.